The van der Waals surface area contributed by atoms with E-state index in [-0.39, 0.29) is 24.8 Å². The maximum Gasteiger partial charge on any atom is 0.124 e. The van der Waals surface area contributed by atoms with Crippen molar-refractivity contribution in [2.75, 3.05) is 27.2 Å². The smallest absolute Gasteiger partial charge is 0.124 e. The Balaban J connectivity index is 0.00000196. The van der Waals surface area contributed by atoms with E-state index in [1.54, 1.807) is 11.3 Å². The van der Waals surface area contributed by atoms with Crippen molar-refractivity contribution in [3.8, 4) is 16.3 Å². The van der Waals surface area contributed by atoms with Crippen LogP contribution in [0.5, 0.6) is 5.75 Å². The summed E-state index contributed by atoms with van der Waals surface area (Å²) in [4.78, 5) is 6.64. The zero-order valence-corrected chi connectivity index (χ0v) is 18.6. The van der Waals surface area contributed by atoms with E-state index in [4.69, 9.17) is 4.74 Å². The highest BCUT2D eigenvalue weighted by atomic mass is 35.5. The molecule has 0 atom stereocenters. The van der Waals surface area contributed by atoms with Crippen molar-refractivity contribution < 1.29 is 4.74 Å². The highest BCUT2D eigenvalue weighted by molar-refractivity contribution is 7.13. The SMILES string of the molecule is CNCCN(C)Cc1ccccc1OCc1ccc(-c2nccs2)cc1.Cl.Cl. The summed E-state index contributed by atoms with van der Waals surface area (Å²) in [5, 5.41) is 6.23. The van der Waals surface area contributed by atoms with Gasteiger partial charge in [-0.15, -0.1) is 36.2 Å². The van der Waals surface area contributed by atoms with Crippen molar-refractivity contribution in [3.05, 3.63) is 71.2 Å². The largest absolute Gasteiger partial charge is 0.489 e. The van der Waals surface area contributed by atoms with Gasteiger partial charge in [-0.2, -0.15) is 0 Å². The van der Waals surface area contributed by atoms with Crippen molar-refractivity contribution >= 4 is 36.2 Å². The second-order valence-corrected chi connectivity index (χ2v) is 7.17. The molecule has 0 aliphatic heterocycles. The number of nitrogens with zero attached hydrogens (tertiary/aromatic N) is 2. The number of thiazole rings is 1. The van der Waals surface area contributed by atoms with E-state index in [0.29, 0.717) is 6.61 Å². The van der Waals surface area contributed by atoms with E-state index in [9.17, 15) is 0 Å². The van der Waals surface area contributed by atoms with Gasteiger partial charge in [0.15, 0.2) is 0 Å². The summed E-state index contributed by atoms with van der Waals surface area (Å²) in [6, 6.07) is 16.7. The molecular formula is C21H27Cl2N3OS. The lowest BCUT2D eigenvalue weighted by molar-refractivity contribution is 0.285. The summed E-state index contributed by atoms with van der Waals surface area (Å²) >= 11 is 1.65. The molecule has 4 nitrogen and oxygen atoms in total. The standard InChI is InChI=1S/C21H25N3OS.2ClH/c1-22-11-13-24(2)15-19-5-3-4-6-20(19)25-16-17-7-9-18(10-8-17)21-23-12-14-26-21;;/h3-10,12,14,22H,11,13,15-16H2,1-2H3;2*1H. The Hall–Kier alpha value is -1.63. The third kappa shape index (κ3) is 7.08. The number of likely N-dealkylation sites (N-methyl/N-ethyl adjacent to an activating group) is 2. The quantitative estimate of drug-likeness (QED) is 0.515. The number of ether oxygens (including phenoxy) is 1. The van der Waals surface area contributed by atoms with Crippen LogP contribution in [0, 0.1) is 0 Å². The van der Waals surface area contributed by atoms with Crippen LogP contribution in [-0.4, -0.2) is 37.1 Å². The third-order valence-electron chi connectivity index (χ3n) is 4.18. The number of aromatic nitrogens is 1. The lowest BCUT2D eigenvalue weighted by Gasteiger charge is -2.19. The van der Waals surface area contributed by atoms with Crippen LogP contribution < -0.4 is 10.1 Å². The Kier molecular flexibility index (Phi) is 11.1. The highest BCUT2D eigenvalue weighted by Gasteiger charge is 2.07. The Morgan fingerprint density at radius 2 is 1.82 bits per heavy atom. The molecule has 1 heterocycles. The maximum atomic E-state index is 6.10. The molecule has 0 aliphatic carbocycles. The predicted octanol–water partition coefficient (Wildman–Crippen LogP) is 4.88. The van der Waals surface area contributed by atoms with Gasteiger partial charge in [0, 0.05) is 42.3 Å². The molecule has 0 bridgehead atoms. The second kappa shape index (κ2) is 12.8. The van der Waals surface area contributed by atoms with Crippen LogP contribution in [0.25, 0.3) is 10.6 Å². The van der Waals surface area contributed by atoms with Gasteiger partial charge in [-0.1, -0.05) is 42.5 Å². The lowest BCUT2D eigenvalue weighted by atomic mass is 10.1. The van der Waals surface area contributed by atoms with Crippen LogP contribution in [-0.2, 0) is 13.2 Å². The fraction of sp³-hybridized carbons (Fsp3) is 0.286. The van der Waals surface area contributed by atoms with E-state index in [2.05, 4.69) is 58.6 Å². The fourth-order valence-electron chi connectivity index (χ4n) is 2.72. The number of rotatable bonds is 9. The van der Waals surface area contributed by atoms with E-state index in [1.807, 2.05) is 30.8 Å². The molecule has 0 fully saturated rings. The van der Waals surface area contributed by atoms with E-state index in [0.717, 1.165) is 41.5 Å². The number of halogens is 2. The molecule has 0 radical (unpaired) electrons. The number of para-hydroxylation sites is 1. The first-order chi connectivity index (χ1) is 12.8. The lowest BCUT2D eigenvalue weighted by Crippen LogP contribution is -2.27. The number of hydrogen-bond donors (Lipinski definition) is 1. The fourth-order valence-corrected chi connectivity index (χ4v) is 3.36. The minimum absolute atomic E-state index is 0. The minimum atomic E-state index is 0. The van der Waals surface area contributed by atoms with Crippen LogP contribution in [0.4, 0.5) is 0 Å². The molecule has 0 saturated heterocycles. The molecular weight excluding hydrogens is 413 g/mol. The first-order valence-electron chi connectivity index (χ1n) is 8.79. The molecule has 3 aromatic rings. The van der Waals surface area contributed by atoms with Gasteiger partial charge >= 0.3 is 0 Å². The van der Waals surface area contributed by atoms with Crippen LogP contribution >= 0.6 is 36.2 Å². The molecule has 0 spiro atoms. The first-order valence-corrected chi connectivity index (χ1v) is 9.67. The predicted molar refractivity (Wildman–Crippen MR) is 123 cm³/mol. The highest BCUT2D eigenvalue weighted by Crippen LogP contribution is 2.24. The van der Waals surface area contributed by atoms with Crippen LogP contribution in [0.15, 0.2) is 60.1 Å². The maximum absolute atomic E-state index is 6.10. The van der Waals surface area contributed by atoms with Gasteiger partial charge in [0.25, 0.3) is 0 Å². The topological polar surface area (TPSA) is 37.4 Å². The van der Waals surface area contributed by atoms with Gasteiger partial charge in [-0.3, -0.25) is 0 Å². The van der Waals surface area contributed by atoms with Gasteiger partial charge in [-0.25, -0.2) is 4.98 Å². The van der Waals surface area contributed by atoms with E-state index >= 15 is 0 Å². The molecule has 0 saturated carbocycles. The van der Waals surface area contributed by atoms with Crippen molar-refractivity contribution in [2.24, 2.45) is 0 Å². The van der Waals surface area contributed by atoms with Crippen LogP contribution in [0.3, 0.4) is 0 Å². The minimum Gasteiger partial charge on any atom is -0.489 e. The van der Waals surface area contributed by atoms with E-state index in [1.165, 1.54) is 5.56 Å². The Morgan fingerprint density at radius 1 is 1.07 bits per heavy atom. The molecule has 152 valence electrons. The molecule has 28 heavy (non-hydrogen) atoms. The van der Waals surface area contributed by atoms with Gasteiger partial charge in [0.1, 0.15) is 17.4 Å². The average Bonchev–Trinajstić information content (AvgIpc) is 3.21. The average molecular weight is 440 g/mol. The summed E-state index contributed by atoms with van der Waals surface area (Å²) in [7, 11) is 4.11. The summed E-state index contributed by atoms with van der Waals surface area (Å²) in [6.07, 6.45) is 1.83. The molecule has 2 aromatic carbocycles. The van der Waals surface area contributed by atoms with Crippen molar-refractivity contribution in [1.29, 1.82) is 0 Å². The summed E-state index contributed by atoms with van der Waals surface area (Å²) in [5.41, 5.74) is 3.52. The van der Waals surface area contributed by atoms with Crippen molar-refractivity contribution in [2.45, 2.75) is 13.2 Å². The van der Waals surface area contributed by atoms with Crippen molar-refractivity contribution in [1.82, 2.24) is 15.2 Å². The zero-order chi connectivity index (χ0) is 18.2. The van der Waals surface area contributed by atoms with Gasteiger partial charge in [0.2, 0.25) is 0 Å². The first kappa shape index (κ1) is 24.4. The zero-order valence-electron chi connectivity index (χ0n) is 16.1. The molecule has 3 rings (SSSR count). The molecule has 1 aromatic heterocycles. The normalized spacial score (nSPS) is 10.2. The number of hydrogen-bond acceptors (Lipinski definition) is 5. The second-order valence-electron chi connectivity index (χ2n) is 6.27. The van der Waals surface area contributed by atoms with Gasteiger partial charge in [0.05, 0.1) is 0 Å². The van der Waals surface area contributed by atoms with Crippen LogP contribution in [0.1, 0.15) is 11.1 Å². The van der Waals surface area contributed by atoms with Gasteiger partial charge < -0.3 is 15.0 Å². The molecule has 0 aliphatic rings. The van der Waals surface area contributed by atoms with E-state index < -0.39 is 0 Å². The Morgan fingerprint density at radius 3 is 2.50 bits per heavy atom. The summed E-state index contributed by atoms with van der Waals surface area (Å²) in [5.74, 6) is 0.952. The monoisotopic (exact) mass is 439 g/mol. The molecule has 1 N–H and O–H groups in total. The van der Waals surface area contributed by atoms with Crippen LogP contribution in [0.2, 0.25) is 0 Å². The van der Waals surface area contributed by atoms with Crippen molar-refractivity contribution in [3.63, 3.8) is 0 Å². The molecule has 7 heteroatoms. The number of nitrogens with one attached hydrogen (secondary N) is 1. The van der Waals surface area contributed by atoms with Gasteiger partial charge in [-0.05, 0) is 25.7 Å². The number of benzene rings is 2. The third-order valence-corrected chi connectivity index (χ3v) is 5.01. The molecule has 0 amide bonds. The Labute approximate surface area is 183 Å². The summed E-state index contributed by atoms with van der Waals surface area (Å²) in [6.45, 7) is 3.42. The summed E-state index contributed by atoms with van der Waals surface area (Å²) < 4.78 is 6.10. The Bertz CT molecular complexity index is 798. The molecule has 0 unspecified atom stereocenters.